The lowest BCUT2D eigenvalue weighted by Gasteiger charge is -2.18. The molecule has 0 aliphatic carbocycles. The molecule has 0 bridgehead atoms. The molecular formula is C21H18Cl2N2O5. The molecule has 1 fully saturated rings. The lowest BCUT2D eigenvalue weighted by Crippen LogP contribution is -2.28. The highest BCUT2D eigenvalue weighted by atomic mass is 35.5. The third kappa shape index (κ3) is 4.98. The van der Waals surface area contributed by atoms with Gasteiger partial charge < -0.3 is 15.0 Å². The van der Waals surface area contributed by atoms with E-state index >= 15 is 0 Å². The van der Waals surface area contributed by atoms with Gasteiger partial charge in [-0.15, -0.1) is 0 Å². The molecule has 7 nitrogen and oxygen atoms in total. The second kappa shape index (κ2) is 9.28. The molecule has 1 heterocycles. The van der Waals surface area contributed by atoms with Crippen molar-refractivity contribution in [3.05, 3.63) is 58.1 Å². The van der Waals surface area contributed by atoms with Crippen LogP contribution in [0.1, 0.15) is 23.7 Å². The molecule has 1 saturated heterocycles. The molecule has 0 unspecified atom stereocenters. The van der Waals surface area contributed by atoms with Crippen molar-refractivity contribution in [3.8, 4) is 0 Å². The minimum Gasteiger partial charge on any atom is -0.455 e. The van der Waals surface area contributed by atoms with Gasteiger partial charge in [0.2, 0.25) is 5.91 Å². The quantitative estimate of drug-likeness (QED) is 0.536. The van der Waals surface area contributed by atoms with Gasteiger partial charge in [-0.05, 0) is 31.2 Å². The molecule has 1 N–H and O–H groups in total. The molecule has 1 atom stereocenters. The van der Waals surface area contributed by atoms with E-state index in [0.717, 1.165) is 0 Å². The Labute approximate surface area is 182 Å². The number of ether oxygens (including phenoxy) is 1. The number of nitrogens with zero attached hydrogens (tertiary/aromatic N) is 1. The first-order valence-electron chi connectivity index (χ1n) is 9.08. The first kappa shape index (κ1) is 21.8. The maximum atomic E-state index is 12.3. The van der Waals surface area contributed by atoms with E-state index in [1.807, 2.05) is 0 Å². The smallest absolute Gasteiger partial charge is 0.311 e. The molecule has 9 heteroatoms. The zero-order valence-electron chi connectivity index (χ0n) is 16.0. The van der Waals surface area contributed by atoms with E-state index in [9.17, 15) is 19.2 Å². The van der Waals surface area contributed by atoms with Gasteiger partial charge in [0.05, 0.1) is 21.7 Å². The molecule has 156 valence electrons. The predicted octanol–water partition coefficient (Wildman–Crippen LogP) is 3.73. The van der Waals surface area contributed by atoms with Gasteiger partial charge in [0.25, 0.3) is 5.91 Å². The van der Waals surface area contributed by atoms with Crippen molar-refractivity contribution in [2.45, 2.75) is 13.3 Å². The number of benzene rings is 2. The Hall–Kier alpha value is -2.90. The van der Waals surface area contributed by atoms with Crippen molar-refractivity contribution < 1.29 is 23.9 Å². The molecule has 3 rings (SSSR count). The molecule has 2 aromatic rings. The summed E-state index contributed by atoms with van der Waals surface area (Å²) in [7, 11) is 0. The number of carbonyl (C=O) groups excluding carboxylic acids is 4. The van der Waals surface area contributed by atoms with Crippen LogP contribution in [0.25, 0.3) is 0 Å². The third-order valence-corrected chi connectivity index (χ3v) is 5.39. The zero-order chi connectivity index (χ0) is 21.8. The lowest BCUT2D eigenvalue weighted by atomic mass is 10.1. The minimum atomic E-state index is -0.721. The van der Waals surface area contributed by atoms with E-state index in [2.05, 4.69) is 5.32 Å². The Morgan fingerprint density at radius 1 is 1.17 bits per heavy atom. The van der Waals surface area contributed by atoms with E-state index in [1.165, 1.54) is 17.9 Å². The SMILES string of the molecule is CC(=O)c1cccc(NC(=O)COC(=O)[C@H]2CC(=O)N(c3cccc(Cl)c3Cl)C2)c1. The summed E-state index contributed by atoms with van der Waals surface area (Å²) in [5.74, 6) is -2.35. The normalized spacial score (nSPS) is 15.8. The number of Topliss-reactive ketones (excluding diaryl/α,β-unsaturated/α-hetero) is 1. The summed E-state index contributed by atoms with van der Waals surface area (Å²) >= 11 is 12.2. The molecular weight excluding hydrogens is 431 g/mol. The first-order valence-corrected chi connectivity index (χ1v) is 9.83. The van der Waals surface area contributed by atoms with Crippen LogP contribution >= 0.6 is 23.2 Å². The standard InChI is InChI=1S/C21H18Cl2N2O5/c1-12(26)13-4-2-5-15(8-13)24-18(27)11-30-21(29)14-9-19(28)25(10-14)17-7-3-6-16(22)20(17)23/h2-8,14H,9-11H2,1H3,(H,24,27)/t14-/m0/s1. The number of carbonyl (C=O) groups is 4. The molecule has 2 amide bonds. The Morgan fingerprint density at radius 2 is 1.90 bits per heavy atom. The number of esters is 1. The van der Waals surface area contributed by atoms with Crippen LogP contribution < -0.4 is 10.2 Å². The summed E-state index contributed by atoms with van der Waals surface area (Å²) < 4.78 is 5.07. The van der Waals surface area contributed by atoms with Gasteiger partial charge in [-0.2, -0.15) is 0 Å². The van der Waals surface area contributed by atoms with Crippen molar-refractivity contribution in [1.29, 1.82) is 0 Å². The van der Waals surface area contributed by atoms with Gasteiger partial charge in [0.1, 0.15) is 0 Å². The Morgan fingerprint density at radius 3 is 2.63 bits per heavy atom. The highest BCUT2D eigenvalue weighted by molar-refractivity contribution is 6.44. The fourth-order valence-electron chi connectivity index (χ4n) is 3.07. The molecule has 1 aliphatic heterocycles. The van der Waals surface area contributed by atoms with Gasteiger partial charge in [0.15, 0.2) is 12.4 Å². The molecule has 30 heavy (non-hydrogen) atoms. The van der Waals surface area contributed by atoms with E-state index < -0.39 is 24.4 Å². The van der Waals surface area contributed by atoms with E-state index in [0.29, 0.717) is 22.0 Å². The maximum Gasteiger partial charge on any atom is 0.311 e. The highest BCUT2D eigenvalue weighted by Crippen LogP contribution is 2.35. The first-order chi connectivity index (χ1) is 14.3. The number of hydrogen-bond acceptors (Lipinski definition) is 5. The van der Waals surface area contributed by atoms with Crippen LogP contribution in [0.15, 0.2) is 42.5 Å². The summed E-state index contributed by atoms with van der Waals surface area (Å²) in [4.78, 5) is 49.5. The van der Waals surface area contributed by atoms with Crippen LogP contribution in [0.5, 0.6) is 0 Å². The van der Waals surface area contributed by atoms with Crippen molar-refractivity contribution in [2.24, 2.45) is 5.92 Å². The van der Waals surface area contributed by atoms with Crippen LogP contribution in [0.3, 0.4) is 0 Å². The van der Waals surface area contributed by atoms with Gasteiger partial charge in [0, 0.05) is 24.2 Å². The molecule has 2 aromatic carbocycles. The van der Waals surface area contributed by atoms with Crippen molar-refractivity contribution in [3.63, 3.8) is 0 Å². The summed E-state index contributed by atoms with van der Waals surface area (Å²) in [5.41, 5.74) is 1.29. The Balaban J connectivity index is 1.56. The van der Waals surface area contributed by atoms with Crippen molar-refractivity contribution in [1.82, 2.24) is 0 Å². The van der Waals surface area contributed by atoms with E-state index in [4.69, 9.17) is 27.9 Å². The summed E-state index contributed by atoms with van der Waals surface area (Å²) in [6.45, 7) is 0.997. The van der Waals surface area contributed by atoms with Crippen LogP contribution in [0.2, 0.25) is 10.0 Å². The van der Waals surface area contributed by atoms with Crippen LogP contribution in [0, 0.1) is 5.92 Å². The van der Waals surface area contributed by atoms with Gasteiger partial charge in [-0.3, -0.25) is 19.2 Å². The molecule has 0 aromatic heterocycles. The average molecular weight is 449 g/mol. The average Bonchev–Trinajstić information content (AvgIpc) is 3.10. The number of anilines is 2. The van der Waals surface area contributed by atoms with Crippen LogP contribution in [-0.4, -0.2) is 36.7 Å². The fraction of sp³-hybridized carbons (Fsp3) is 0.238. The topological polar surface area (TPSA) is 92.8 Å². The number of ketones is 1. The lowest BCUT2D eigenvalue weighted by molar-refractivity contribution is -0.151. The highest BCUT2D eigenvalue weighted by Gasteiger charge is 2.37. The summed E-state index contributed by atoms with van der Waals surface area (Å²) in [6, 6.07) is 11.3. The number of amides is 2. The zero-order valence-corrected chi connectivity index (χ0v) is 17.5. The van der Waals surface area contributed by atoms with Crippen molar-refractivity contribution in [2.75, 3.05) is 23.4 Å². The molecule has 1 aliphatic rings. The summed E-state index contributed by atoms with van der Waals surface area (Å²) in [6.07, 6.45) is -0.0516. The van der Waals surface area contributed by atoms with Crippen LogP contribution in [0.4, 0.5) is 11.4 Å². The minimum absolute atomic E-state index is 0.0516. The van der Waals surface area contributed by atoms with Gasteiger partial charge >= 0.3 is 5.97 Å². The fourth-order valence-corrected chi connectivity index (χ4v) is 3.46. The van der Waals surface area contributed by atoms with E-state index in [1.54, 1.807) is 36.4 Å². The number of hydrogen-bond donors (Lipinski definition) is 1. The third-order valence-electron chi connectivity index (χ3n) is 4.58. The molecule has 0 radical (unpaired) electrons. The number of rotatable bonds is 6. The second-order valence-corrected chi connectivity index (χ2v) is 7.56. The number of nitrogens with one attached hydrogen (secondary N) is 1. The Bertz CT molecular complexity index is 1020. The monoisotopic (exact) mass is 448 g/mol. The predicted molar refractivity (Wildman–Crippen MR) is 113 cm³/mol. The van der Waals surface area contributed by atoms with Crippen LogP contribution in [-0.2, 0) is 19.1 Å². The maximum absolute atomic E-state index is 12.3. The second-order valence-electron chi connectivity index (χ2n) is 6.77. The summed E-state index contributed by atoms with van der Waals surface area (Å²) in [5, 5.41) is 3.10. The van der Waals surface area contributed by atoms with Gasteiger partial charge in [-0.1, -0.05) is 41.4 Å². The molecule has 0 spiro atoms. The molecule has 0 saturated carbocycles. The largest absolute Gasteiger partial charge is 0.455 e. The van der Waals surface area contributed by atoms with Gasteiger partial charge in [-0.25, -0.2) is 0 Å². The van der Waals surface area contributed by atoms with Crippen molar-refractivity contribution >= 4 is 58.1 Å². The van der Waals surface area contributed by atoms with E-state index in [-0.39, 0.29) is 29.7 Å². The number of halogens is 2. The Kier molecular flexibility index (Phi) is 6.74.